The molecule has 2 aliphatic rings. The quantitative estimate of drug-likeness (QED) is 0.697. The Hall–Kier alpha value is -1.57. The first-order valence-electron chi connectivity index (χ1n) is 10.4. The van der Waals surface area contributed by atoms with Gasteiger partial charge in [-0.15, -0.1) is 0 Å². The molecule has 1 aliphatic carbocycles. The van der Waals surface area contributed by atoms with Crippen LogP contribution < -0.4 is 5.32 Å². The molecule has 1 fully saturated rings. The Morgan fingerprint density at radius 3 is 2.54 bits per heavy atom. The smallest absolute Gasteiger partial charge is 0.160 e. The molecular weight excluding hydrogens is 318 g/mol. The molecule has 2 heteroatoms. The fraction of sp³-hybridized carbons (Fsp3) is 0.625. The van der Waals surface area contributed by atoms with Crippen LogP contribution in [0.1, 0.15) is 89.8 Å². The van der Waals surface area contributed by atoms with Gasteiger partial charge in [-0.3, -0.25) is 4.79 Å². The summed E-state index contributed by atoms with van der Waals surface area (Å²) < 4.78 is 0. The summed E-state index contributed by atoms with van der Waals surface area (Å²) in [6.07, 6.45) is 9.78. The van der Waals surface area contributed by atoms with Gasteiger partial charge in [-0.2, -0.15) is 0 Å². The molecule has 1 unspecified atom stereocenters. The minimum Gasteiger partial charge on any atom is -0.379 e. The van der Waals surface area contributed by atoms with Gasteiger partial charge in [-0.1, -0.05) is 59.1 Å². The van der Waals surface area contributed by atoms with Crippen molar-refractivity contribution < 1.29 is 4.79 Å². The highest BCUT2D eigenvalue weighted by Gasteiger charge is 2.32. The zero-order chi connectivity index (χ0) is 18.9. The van der Waals surface area contributed by atoms with Crippen LogP contribution in [0.15, 0.2) is 24.3 Å². The van der Waals surface area contributed by atoms with Gasteiger partial charge in [-0.25, -0.2) is 0 Å². The largest absolute Gasteiger partial charge is 0.379 e. The maximum Gasteiger partial charge on any atom is 0.160 e. The molecule has 0 spiro atoms. The fourth-order valence-corrected chi connectivity index (χ4v) is 4.28. The second-order valence-corrected chi connectivity index (χ2v) is 9.63. The summed E-state index contributed by atoms with van der Waals surface area (Å²) in [6, 6.07) is 6.85. The van der Waals surface area contributed by atoms with Gasteiger partial charge in [0.15, 0.2) is 5.78 Å². The van der Waals surface area contributed by atoms with Crippen LogP contribution in [0.5, 0.6) is 0 Å². The number of nitrogens with one attached hydrogen (secondary N) is 1. The molecule has 1 heterocycles. The van der Waals surface area contributed by atoms with Crippen molar-refractivity contribution in [2.45, 2.75) is 90.5 Å². The minimum absolute atomic E-state index is 0.0227. The second-order valence-electron chi connectivity index (χ2n) is 9.63. The lowest BCUT2D eigenvalue weighted by molar-refractivity contribution is -0.119. The van der Waals surface area contributed by atoms with E-state index in [1.807, 2.05) is 6.08 Å². The molecule has 1 aromatic carbocycles. The zero-order valence-electron chi connectivity index (χ0n) is 17.2. The summed E-state index contributed by atoms with van der Waals surface area (Å²) in [6.45, 7) is 11.2. The van der Waals surface area contributed by atoms with E-state index in [9.17, 15) is 4.79 Å². The van der Waals surface area contributed by atoms with Crippen LogP contribution in [0.25, 0.3) is 5.70 Å². The van der Waals surface area contributed by atoms with Gasteiger partial charge in [0.1, 0.15) is 0 Å². The highest BCUT2D eigenvalue weighted by molar-refractivity contribution is 5.98. The van der Waals surface area contributed by atoms with E-state index < -0.39 is 0 Å². The Morgan fingerprint density at radius 2 is 1.92 bits per heavy atom. The van der Waals surface area contributed by atoms with Crippen molar-refractivity contribution in [1.29, 1.82) is 0 Å². The molecular formula is C24H35NO. The molecule has 0 saturated heterocycles. The molecule has 1 N–H and O–H groups in total. The molecule has 0 amide bonds. The molecule has 1 saturated carbocycles. The van der Waals surface area contributed by atoms with E-state index in [0.717, 1.165) is 31.4 Å². The number of fused-ring (bicyclic) bond motifs is 1. The second kappa shape index (κ2) is 7.21. The van der Waals surface area contributed by atoms with Crippen molar-refractivity contribution in [2.75, 3.05) is 0 Å². The lowest BCUT2D eigenvalue weighted by Crippen LogP contribution is -2.46. The summed E-state index contributed by atoms with van der Waals surface area (Å²) in [5, 5.41) is 3.72. The summed E-state index contributed by atoms with van der Waals surface area (Å²) >= 11 is 0. The molecule has 26 heavy (non-hydrogen) atoms. The van der Waals surface area contributed by atoms with Crippen molar-refractivity contribution in [3.8, 4) is 0 Å². The standard InChI is InChI=1S/C24H35NO/c1-6-24(5)16-18-12-13-19(23(2,3)4)14-20(18)21(25-24)15-22(26)17-10-8-7-9-11-17/h12-15,17,25H,6-11,16H2,1-5H3/b21-15-. The number of ketones is 1. The molecule has 0 radical (unpaired) electrons. The number of hydrogen-bond donors (Lipinski definition) is 1. The van der Waals surface area contributed by atoms with Crippen molar-refractivity contribution in [3.63, 3.8) is 0 Å². The van der Waals surface area contributed by atoms with Crippen LogP contribution in [0.2, 0.25) is 0 Å². The van der Waals surface area contributed by atoms with Gasteiger partial charge in [-0.05, 0) is 55.2 Å². The number of carbonyl (C=O) groups excluding carboxylic acids is 1. The normalized spacial score (nSPS) is 25.7. The number of benzene rings is 1. The van der Waals surface area contributed by atoms with Gasteiger partial charge in [0.2, 0.25) is 0 Å². The first kappa shape index (κ1) is 19.2. The average molecular weight is 354 g/mol. The predicted molar refractivity (Wildman–Crippen MR) is 110 cm³/mol. The van der Waals surface area contributed by atoms with Gasteiger partial charge in [0, 0.05) is 28.8 Å². The predicted octanol–water partition coefficient (Wildman–Crippen LogP) is 5.79. The number of rotatable bonds is 3. The number of hydrogen-bond acceptors (Lipinski definition) is 2. The van der Waals surface area contributed by atoms with Crippen molar-refractivity contribution in [2.24, 2.45) is 5.92 Å². The lowest BCUT2D eigenvalue weighted by Gasteiger charge is -2.39. The van der Waals surface area contributed by atoms with Gasteiger partial charge in [0.25, 0.3) is 0 Å². The Morgan fingerprint density at radius 1 is 1.23 bits per heavy atom. The summed E-state index contributed by atoms with van der Waals surface area (Å²) in [4.78, 5) is 12.9. The fourth-order valence-electron chi connectivity index (χ4n) is 4.28. The summed E-state index contributed by atoms with van der Waals surface area (Å²) in [5.74, 6) is 0.543. The van der Waals surface area contributed by atoms with Crippen LogP contribution in [0.3, 0.4) is 0 Å². The van der Waals surface area contributed by atoms with Crippen molar-refractivity contribution in [1.82, 2.24) is 5.32 Å². The first-order valence-corrected chi connectivity index (χ1v) is 10.4. The Labute approximate surface area is 159 Å². The van der Waals surface area contributed by atoms with Gasteiger partial charge < -0.3 is 5.32 Å². The topological polar surface area (TPSA) is 29.1 Å². The van der Waals surface area contributed by atoms with E-state index in [-0.39, 0.29) is 16.9 Å². The number of carbonyl (C=O) groups is 1. The Kier molecular flexibility index (Phi) is 5.33. The first-order chi connectivity index (χ1) is 12.2. The van der Waals surface area contributed by atoms with Crippen molar-refractivity contribution in [3.05, 3.63) is 41.0 Å². The van der Waals surface area contributed by atoms with E-state index in [1.54, 1.807) is 0 Å². The van der Waals surface area contributed by atoms with Crippen LogP contribution in [-0.2, 0) is 16.6 Å². The maximum atomic E-state index is 12.9. The Balaban J connectivity index is 2.00. The van der Waals surface area contributed by atoms with Crippen LogP contribution in [0, 0.1) is 5.92 Å². The van der Waals surface area contributed by atoms with E-state index in [1.165, 1.54) is 36.0 Å². The molecule has 1 aliphatic heterocycles. The third kappa shape index (κ3) is 4.05. The van der Waals surface area contributed by atoms with E-state index in [4.69, 9.17) is 0 Å². The molecule has 2 nitrogen and oxygen atoms in total. The summed E-state index contributed by atoms with van der Waals surface area (Å²) in [5.41, 5.74) is 5.09. The average Bonchev–Trinajstić information content (AvgIpc) is 2.61. The SMILES string of the molecule is CCC1(C)Cc2ccc(C(C)(C)C)cc2/C(=C/C(=O)C2CCCCC2)N1. The van der Waals surface area contributed by atoms with E-state index in [0.29, 0.717) is 5.78 Å². The van der Waals surface area contributed by atoms with Crippen LogP contribution >= 0.6 is 0 Å². The zero-order valence-corrected chi connectivity index (χ0v) is 17.2. The highest BCUT2D eigenvalue weighted by atomic mass is 16.1. The minimum atomic E-state index is 0.0227. The van der Waals surface area contributed by atoms with Crippen molar-refractivity contribution >= 4 is 11.5 Å². The van der Waals surface area contributed by atoms with Crippen LogP contribution in [0.4, 0.5) is 0 Å². The Bertz CT molecular complexity index is 703. The van der Waals surface area contributed by atoms with Gasteiger partial charge >= 0.3 is 0 Å². The highest BCUT2D eigenvalue weighted by Crippen LogP contribution is 2.35. The monoisotopic (exact) mass is 353 g/mol. The van der Waals surface area contributed by atoms with Gasteiger partial charge in [0.05, 0.1) is 0 Å². The maximum absolute atomic E-state index is 12.9. The summed E-state index contributed by atoms with van der Waals surface area (Å²) in [7, 11) is 0. The molecule has 1 atom stereocenters. The molecule has 0 bridgehead atoms. The molecule has 142 valence electrons. The van der Waals surface area contributed by atoms with E-state index >= 15 is 0 Å². The third-order valence-electron chi connectivity index (χ3n) is 6.36. The lowest BCUT2D eigenvalue weighted by atomic mass is 9.78. The van der Waals surface area contributed by atoms with Crippen LogP contribution in [-0.4, -0.2) is 11.3 Å². The molecule has 0 aromatic heterocycles. The molecule has 3 rings (SSSR count). The molecule has 1 aromatic rings. The van der Waals surface area contributed by atoms with E-state index in [2.05, 4.69) is 58.1 Å². The third-order valence-corrected chi connectivity index (χ3v) is 6.36. The number of allylic oxidation sites excluding steroid dienone is 1.